The van der Waals surface area contributed by atoms with Crippen molar-refractivity contribution in [3.05, 3.63) is 122 Å². The number of rotatable bonds is 6. The molecule has 6 atom stereocenters. The molecule has 3 fully saturated rings. The number of hydrazine groups is 1. The van der Waals surface area contributed by atoms with Gasteiger partial charge in [-0.25, -0.2) is 4.98 Å². The van der Waals surface area contributed by atoms with E-state index in [9.17, 15) is 32.7 Å². The van der Waals surface area contributed by atoms with Crippen LogP contribution in [-0.4, -0.2) is 45.8 Å². The topological polar surface area (TPSA) is 129 Å². The summed E-state index contributed by atoms with van der Waals surface area (Å²) in [6, 6.07) is 18.2. The molecule has 2 aliphatic carbocycles. The van der Waals surface area contributed by atoms with Gasteiger partial charge in [0, 0.05) is 27.2 Å². The quantitative estimate of drug-likeness (QED) is 0.147. The van der Waals surface area contributed by atoms with Crippen molar-refractivity contribution >= 4 is 74.3 Å². The number of ether oxygens (including phenoxy) is 1. The summed E-state index contributed by atoms with van der Waals surface area (Å²) in [7, 11) is 1.39. The van der Waals surface area contributed by atoms with Crippen molar-refractivity contribution in [2.75, 3.05) is 17.4 Å². The van der Waals surface area contributed by atoms with Gasteiger partial charge in [0.2, 0.25) is 11.8 Å². The number of phenols is 1. The van der Waals surface area contributed by atoms with Gasteiger partial charge < -0.3 is 9.84 Å². The van der Waals surface area contributed by atoms with E-state index in [1.165, 1.54) is 13.2 Å². The highest BCUT2D eigenvalue weighted by molar-refractivity contribution is 9.10. The van der Waals surface area contributed by atoms with Crippen LogP contribution in [0, 0.1) is 23.7 Å². The van der Waals surface area contributed by atoms with Gasteiger partial charge in [-0.05, 0) is 78.9 Å². The molecule has 4 aliphatic rings. The number of aromatic nitrogens is 1. The number of halogens is 6. The average Bonchev–Trinajstić information content (AvgIpc) is 3.53. The number of nitrogens with one attached hydrogen (secondary N) is 1. The Kier molecular flexibility index (Phi) is 9.01. The SMILES string of the molecule is COc1cccc(O)c1C1C2=CCC3C(=O)N(c4ccc(Br)cc4)C(=O)C3C2CC2C(=O)N(Nc3ncc(C(F)(F)F)cc3Cl)C(=O)C21c1ccc(Cl)cc1. The van der Waals surface area contributed by atoms with Crippen LogP contribution in [0.1, 0.15) is 35.4 Å². The molecular weight excluding hydrogens is 828 g/mol. The molecule has 1 saturated carbocycles. The molecule has 1 aromatic heterocycles. The molecule has 2 N–H and O–H groups in total. The minimum atomic E-state index is -4.76. The van der Waals surface area contributed by atoms with E-state index in [2.05, 4.69) is 26.3 Å². The third kappa shape index (κ3) is 5.62. The van der Waals surface area contributed by atoms with Gasteiger partial charge >= 0.3 is 6.18 Å². The Morgan fingerprint density at radius 3 is 2.33 bits per heavy atom. The Labute approximate surface area is 330 Å². The first-order valence-corrected chi connectivity index (χ1v) is 18.6. The molecule has 4 aromatic rings. The molecule has 0 spiro atoms. The molecular formula is C39H28BrCl2F3N4O6. The smallest absolute Gasteiger partial charge is 0.417 e. The van der Waals surface area contributed by atoms with Crippen LogP contribution in [-0.2, 0) is 30.8 Å². The van der Waals surface area contributed by atoms with Gasteiger partial charge in [0.1, 0.15) is 11.5 Å². The summed E-state index contributed by atoms with van der Waals surface area (Å²) in [6.07, 6.45) is -2.39. The van der Waals surface area contributed by atoms with Crippen molar-refractivity contribution in [1.29, 1.82) is 0 Å². The summed E-state index contributed by atoms with van der Waals surface area (Å²) in [6.45, 7) is 0. The summed E-state index contributed by atoms with van der Waals surface area (Å²) in [5.74, 6) is -7.89. The maximum atomic E-state index is 15.4. The van der Waals surface area contributed by atoms with Gasteiger partial charge in [-0.15, -0.1) is 0 Å². The van der Waals surface area contributed by atoms with E-state index in [4.69, 9.17) is 27.9 Å². The van der Waals surface area contributed by atoms with E-state index in [0.717, 1.165) is 9.37 Å². The lowest BCUT2D eigenvalue weighted by atomic mass is 9.49. The molecule has 16 heteroatoms. The van der Waals surface area contributed by atoms with Gasteiger partial charge in [0.25, 0.3) is 11.8 Å². The second kappa shape index (κ2) is 13.4. The van der Waals surface area contributed by atoms with Crippen LogP contribution in [0.4, 0.5) is 24.7 Å². The number of amides is 4. The van der Waals surface area contributed by atoms with Crippen molar-refractivity contribution in [3.63, 3.8) is 0 Å². The first-order chi connectivity index (χ1) is 26.2. The fourth-order valence-electron chi connectivity index (χ4n) is 8.94. The largest absolute Gasteiger partial charge is 0.508 e. The van der Waals surface area contributed by atoms with Gasteiger partial charge in [0.15, 0.2) is 5.82 Å². The molecule has 2 saturated heterocycles. The monoisotopic (exact) mass is 854 g/mol. The maximum Gasteiger partial charge on any atom is 0.417 e. The Bertz CT molecular complexity index is 2330. The number of pyridine rings is 1. The third-order valence-electron chi connectivity index (χ3n) is 11.2. The van der Waals surface area contributed by atoms with Crippen LogP contribution < -0.4 is 15.1 Å². The van der Waals surface area contributed by atoms with Crippen LogP contribution in [0.2, 0.25) is 10.0 Å². The summed E-state index contributed by atoms with van der Waals surface area (Å²) in [5, 5.41) is 12.2. The fourth-order valence-corrected chi connectivity index (χ4v) is 9.54. The molecule has 6 unspecified atom stereocenters. The van der Waals surface area contributed by atoms with Crippen LogP contribution in [0.5, 0.6) is 11.5 Å². The average molecular weight is 856 g/mol. The second-order valence-corrected chi connectivity index (χ2v) is 15.6. The molecule has 4 amide bonds. The summed E-state index contributed by atoms with van der Waals surface area (Å²) in [5.41, 5.74) is 1.01. The molecule has 10 nitrogen and oxygen atoms in total. The van der Waals surface area contributed by atoms with Crippen LogP contribution in [0.15, 0.2) is 95.1 Å². The van der Waals surface area contributed by atoms with E-state index in [1.54, 1.807) is 60.7 Å². The fraction of sp³-hybridized carbons (Fsp3) is 0.256. The zero-order valence-corrected chi connectivity index (χ0v) is 31.6. The van der Waals surface area contributed by atoms with Gasteiger partial charge in [-0.2, -0.15) is 18.2 Å². The minimum Gasteiger partial charge on any atom is -0.508 e. The number of imide groups is 2. The lowest BCUT2D eigenvalue weighted by Gasteiger charge is -2.50. The molecule has 0 bridgehead atoms. The standard InChI is InChI=1S/C39H28BrCl2F3N4O6/c1-55-29-4-2-3-28(50)31(29)32-23-13-14-24-30(36(53)48(34(24)51)22-11-7-20(40)8-12-22)25(23)16-26-35(52)49(37(54)38(26,32)18-5-9-21(41)10-6-18)47-33-27(42)15-19(17-46-33)39(43,44)45/h2-13,15,17,24-26,30,32,50H,14,16H2,1H3,(H,46,47). The van der Waals surface area contributed by atoms with Crippen LogP contribution in [0.25, 0.3) is 0 Å². The minimum absolute atomic E-state index is 0.0911. The number of nitrogens with zero attached hydrogens (tertiary/aromatic N) is 3. The molecule has 2 aliphatic heterocycles. The second-order valence-electron chi connectivity index (χ2n) is 13.8. The van der Waals surface area contributed by atoms with E-state index in [-0.39, 0.29) is 29.9 Å². The Hall–Kier alpha value is -4.92. The van der Waals surface area contributed by atoms with Crippen molar-refractivity contribution in [1.82, 2.24) is 9.99 Å². The zero-order chi connectivity index (χ0) is 39.1. The predicted octanol–water partition coefficient (Wildman–Crippen LogP) is 8.07. The number of fused-ring (bicyclic) bond motifs is 4. The number of hydrogen-bond acceptors (Lipinski definition) is 8. The highest BCUT2D eigenvalue weighted by Crippen LogP contribution is 2.66. The summed E-state index contributed by atoms with van der Waals surface area (Å²) < 4.78 is 47.0. The van der Waals surface area contributed by atoms with Crippen LogP contribution >= 0.6 is 39.1 Å². The number of allylic oxidation sites excluding steroid dienone is 2. The Morgan fingerprint density at radius 2 is 1.67 bits per heavy atom. The number of aromatic hydroxyl groups is 1. The molecule has 8 rings (SSSR count). The van der Waals surface area contributed by atoms with Gasteiger partial charge in [0.05, 0.1) is 46.6 Å². The number of hydrogen-bond donors (Lipinski definition) is 2. The number of carbonyl (C=O) groups is 4. The first-order valence-electron chi connectivity index (χ1n) is 17.0. The molecule has 3 aromatic carbocycles. The highest BCUT2D eigenvalue weighted by Gasteiger charge is 2.71. The summed E-state index contributed by atoms with van der Waals surface area (Å²) in [4.78, 5) is 63.7. The number of carbonyl (C=O) groups excluding carboxylic acids is 4. The number of phenolic OH excluding ortho intramolecular Hbond substituents is 1. The van der Waals surface area contributed by atoms with Crippen molar-refractivity contribution in [3.8, 4) is 11.5 Å². The molecule has 3 heterocycles. The predicted molar refractivity (Wildman–Crippen MR) is 198 cm³/mol. The Balaban J connectivity index is 1.33. The van der Waals surface area contributed by atoms with Gasteiger partial charge in [-0.1, -0.05) is 69.0 Å². The van der Waals surface area contributed by atoms with Crippen molar-refractivity contribution in [2.45, 2.75) is 30.4 Å². The zero-order valence-electron chi connectivity index (χ0n) is 28.5. The van der Waals surface area contributed by atoms with E-state index in [0.29, 0.717) is 39.1 Å². The van der Waals surface area contributed by atoms with E-state index < -0.39 is 81.2 Å². The Morgan fingerprint density at radius 1 is 0.964 bits per heavy atom. The molecule has 282 valence electrons. The van der Waals surface area contributed by atoms with E-state index in [1.807, 2.05) is 6.08 Å². The highest BCUT2D eigenvalue weighted by atomic mass is 79.9. The first kappa shape index (κ1) is 37.0. The van der Waals surface area contributed by atoms with Gasteiger partial charge in [-0.3, -0.25) is 29.5 Å². The lowest BCUT2D eigenvalue weighted by molar-refractivity contribution is -0.139. The number of anilines is 2. The number of alkyl halides is 3. The summed E-state index contributed by atoms with van der Waals surface area (Å²) >= 11 is 16.0. The van der Waals surface area contributed by atoms with Crippen LogP contribution in [0.3, 0.4) is 0 Å². The number of methoxy groups -OCH3 is 1. The third-order valence-corrected chi connectivity index (χ3v) is 12.3. The van der Waals surface area contributed by atoms with Crippen molar-refractivity contribution < 1.29 is 42.2 Å². The van der Waals surface area contributed by atoms with E-state index >= 15 is 4.79 Å². The number of benzene rings is 3. The molecule has 0 radical (unpaired) electrons. The maximum absolute atomic E-state index is 15.4. The molecule has 55 heavy (non-hydrogen) atoms. The lowest BCUT2D eigenvalue weighted by Crippen LogP contribution is -2.53. The van der Waals surface area contributed by atoms with Crippen molar-refractivity contribution in [2.24, 2.45) is 23.7 Å². The normalized spacial score (nSPS) is 26.1.